The van der Waals surface area contributed by atoms with Gasteiger partial charge < -0.3 is 15.7 Å². The first-order chi connectivity index (χ1) is 8.74. The molecule has 18 heavy (non-hydrogen) atoms. The Morgan fingerprint density at radius 2 is 1.78 bits per heavy atom. The van der Waals surface area contributed by atoms with Gasteiger partial charge in [-0.2, -0.15) is 0 Å². The molecule has 1 heterocycles. The Kier molecular flexibility index (Phi) is 4.44. The maximum atomic E-state index is 9.32. The number of hydrogen-bond acceptors (Lipinski definition) is 4. The third-order valence-corrected chi connectivity index (χ3v) is 3.77. The molecule has 3 N–H and O–H groups in total. The summed E-state index contributed by atoms with van der Waals surface area (Å²) in [4.78, 5) is 4.76. The van der Waals surface area contributed by atoms with Gasteiger partial charge in [0.1, 0.15) is 0 Å². The molecular formula is C14H23N3O. The predicted molar refractivity (Wildman–Crippen MR) is 75.8 cm³/mol. The largest absolute Gasteiger partial charge is 0.399 e. The SMILES string of the molecule is CCC(CO)N1CCN(c2ccc(N)cc2)CC1. The topological polar surface area (TPSA) is 52.7 Å². The number of nitrogens with two attached hydrogens (primary N) is 1. The zero-order valence-corrected chi connectivity index (χ0v) is 11.0. The predicted octanol–water partition coefficient (Wildman–Crippen LogP) is 1.16. The van der Waals surface area contributed by atoms with Gasteiger partial charge in [-0.3, -0.25) is 4.90 Å². The number of rotatable bonds is 4. The summed E-state index contributed by atoms with van der Waals surface area (Å²) in [6, 6.07) is 8.37. The fraction of sp³-hybridized carbons (Fsp3) is 0.571. The second kappa shape index (κ2) is 6.07. The number of hydrogen-bond donors (Lipinski definition) is 2. The molecule has 0 amide bonds. The summed E-state index contributed by atoms with van der Waals surface area (Å²) >= 11 is 0. The Morgan fingerprint density at radius 3 is 2.28 bits per heavy atom. The molecule has 0 bridgehead atoms. The van der Waals surface area contributed by atoms with Gasteiger partial charge in [0, 0.05) is 43.6 Å². The van der Waals surface area contributed by atoms with Crippen LogP contribution in [0.1, 0.15) is 13.3 Å². The van der Waals surface area contributed by atoms with E-state index in [0.717, 1.165) is 38.3 Å². The van der Waals surface area contributed by atoms with Gasteiger partial charge in [-0.25, -0.2) is 0 Å². The van der Waals surface area contributed by atoms with Gasteiger partial charge in [-0.05, 0) is 30.7 Å². The van der Waals surface area contributed by atoms with E-state index in [-0.39, 0.29) is 6.61 Å². The van der Waals surface area contributed by atoms with Crippen LogP contribution in [0.5, 0.6) is 0 Å². The van der Waals surface area contributed by atoms with Crippen molar-refractivity contribution in [3.8, 4) is 0 Å². The van der Waals surface area contributed by atoms with Gasteiger partial charge in [-0.1, -0.05) is 6.92 Å². The van der Waals surface area contributed by atoms with Gasteiger partial charge in [0.05, 0.1) is 6.61 Å². The fourth-order valence-electron chi connectivity index (χ4n) is 2.53. The molecule has 4 nitrogen and oxygen atoms in total. The highest BCUT2D eigenvalue weighted by Gasteiger charge is 2.22. The minimum atomic E-state index is 0.262. The van der Waals surface area contributed by atoms with Gasteiger partial charge in [0.2, 0.25) is 0 Å². The van der Waals surface area contributed by atoms with Gasteiger partial charge in [-0.15, -0.1) is 0 Å². The van der Waals surface area contributed by atoms with Crippen molar-refractivity contribution >= 4 is 11.4 Å². The minimum Gasteiger partial charge on any atom is -0.399 e. The molecular weight excluding hydrogens is 226 g/mol. The third kappa shape index (κ3) is 2.94. The molecule has 0 saturated carbocycles. The van der Waals surface area contributed by atoms with Crippen LogP contribution in [-0.4, -0.2) is 48.8 Å². The van der Waals surface area contributed by atoms with E-state index in [1.165, 1.54) is 5.69 Å². The number of nitrogen functional groups attached to an aromatic ring is 1. The average Bonchev–Trinajstić information content (AvgIpc) is 2.42. The lowest BCUT2D eigenvalue weighted by Crippen LogP contribution is -2.51. The van der Waals surface area contributed by atoms with Crippen molar-refractivity contribution in [3.63, 3.8) is 0 Å². The van der Waals surface area contributed by atoms with E-state index in [1.54, 1.807) is 0 Å². The molecule has 2 rings (SSSR count). The van der Waals surface area contributed by atoms with E-state index in [4.69, 9.17) is 5.73 Å². The van der Waals surface area contributed by atoms with E-state index in [1.807, 2.05) is 12.1 Å². The highest BCUT2D eigenvalue weighted by atomic mass is 16.3. The fourth-order valence-corrected chi connectivity index (χ4v) is 2.53. The van der Waals surface area contributed by atoms with Crippen LogP contribution in [0.2, 0.25) is 0 Å². The summed E-state index contributed by atoms with van der Waals surface area (Å²) in [5.41, 5.74) is 7.75. The number of piperazine rings is 1. The number of anilines is 2. The highest BCUT2D eigenvalue weighted by Crippen LogP contribution is 2.19. The number of aliphatic hydroxyl groups excluding tert-OH is 1. The van der Waals surface area contributed by atoms with E-state index in [0.29, 0.717) is 6.04 Å². The van der Waals surface area contributed by atoms with Crippen LogP contribution < -0.4 is 10.6 Å². The summed E-state index contributed by atoms with van der Waals surface area (Å²) in [5.74, 6) is 0. The molecule has 1 aliphatic heterocycles. The van der Waals surface area contributed by atoms with Crippen molar-refractivity contribution in [2.75, 3.05) is 43.4 Å². The average molecular weight is 249 g/mol. The number of aliphatic hydroxyl groups is 1. The highest BCUT2D eigenvalue weighted by molar-refractivity contribution is 5.53. The second-order valence-corrected chi connectivity index (χ2v) is 4.86. The molecule has 1 aromatic rings. The van der Waals surface area contributed by atoms with E-state index >= 15 is 0 Å². The second-order valence-electron chi connectivity index (χ2n) is 4.86. The normalized spacial score (nSPS) is 18.9. The first-order valence-electron chi connectivity index (χ1n) is 6.70. The standard InChI is InChI=1S/C14H23N3O/c1-2-13(11-18)16-7-9-17(10-8-16)14-5-3-12(15)4-6-14/h3-6,13,18H,2,7-11,15H2,1H3. The maximum Gasteiger partial charge on any atom is 0.0586 e. The molecule has 0 aliphatic carbocycles. The number of benzene rings is 1. The van der Waals surface area contributed by atoms with Crippen LogP contribution in [0.4, 0.5) is 11.4 Å². The van der Waals surface area contributed by atoms with Gasteiger partial charge >= 0.3 is 0 Å². The molecule has 0 aromatic heterocycles. The molecule has 1 aromatic carbocycles. The molecule has 4 heteroatoms. The van der Waals surface area contributed by atoms with Crippen molar-refractivity contribution in [3.05, 3.63) is 24.3 Å². The van der Waals surface area contributed by atoms with Gasteiger partial charge in [0.25, 0.3) is 0 Å². The van der Waals surface area contributed by atoms with Crippen LogP contribution in [0.15, 0.2) is 24.3 Å². The lowest BCUT2D eigenvalue weighted by atomic mass is 10.1. The monoisotopic (exact) mass is 249 g/mol. The molecule has 1 aliphatic rings. The zero-order valence-electron chi connectivity index (χ0n) is 11.0. The summed E-state index contributed by atoms with van der Waals surface area (Å²) in [5, 5.41) is 9.32. The first-order valence-corrected chi connectivity index (χ1v) is 6.70. The van der Waals surface area contributed by atoms with E-state index in [2.05, 4.69) is 28.9 Å². The summed E-state index contributed by atoms with van der Waals surface area (Å²) in [6.45, 7) is 6.46. The van der Waals surface area contributed by atoms with Crippen molar-refractivity contribution in [1.82, 2.24) is 4.90 Å². The van der Waals surface area contributed by atoms with Gasteiger partial charge in [0.15, 0.2) is 0 Å². The lowest BCUT2D eigenvalue weighted by molar-refractivity contribution is 0.114. The Hall–Kier alpha value is -1.26. The molecule has 0 spiro atoms. The maximum absolute atomic E-state index is 9.32. The summed E-state index contributed by atoms with van der Waals surface area (Å²) < 4.78 is 0. The quantitative estimate of drug-likeness (QED) is 0.786. The smallest absolute Gasteiger partial charge is 0.0586 e. The summed E-state index contributed by atoms with van der Waals surface area (Å²) in [6.07, 6.45) is 1.01. The van der Waals surface area contributed by atoms with E-state index < -0.39 is 0 Å². The Balaban J connectivity index is 1.92. The third-order valence-electron chi connectivity index (χ3n) is 3.77. The zero-order chi connectivity index (χ0) is 13.0. The first kappa shape index (κ1) is 13.2. The molecule has 1 saturated heterocycles. The lowest BCUT2D eigenvalue weighted by Gasteiger charge is -2.39. The Labute approximate surface area is 109 Å². The van der Waals surface area contributed by atoms with Crippen molar-refractivity contribution in [2.45, 2.75) is 19.4 Å². The van der Waals surface area contributed by atoms with Crippen LogP contribution in [0.25, 0.3) is 0 Å². The summed E-state index contributed by atoms with van der Waals surface area (Å²) in [7, 11) is 0. The Bertz CT molecular complexity index is 354. The number of nitrogens with zero attached hydrogens (tertiary/aromatic N) is 2. The molecule has 100 valence electrons. The van der Waals surface area contributed by atoms with Crippen LogP contribution in [0.3, 0.4) is 0 Å². The van der Waals surface area contributed by atoms with Crippen LogP contribution in [-0.2, 0) is 0 Å². The van der Waals surface area contributed by atoms with Crippen LogP contribution in [0, 0.1) is 0 Å². The Morgan fingerprint density at radius 1 is 1.17 bits per heavy atom. The van der Waals surface area contributed by atoms with Crippen molar-refractivity contribution in [1.29, 1.82) is 0 Å². The molecule has 1 fully saturated rings. The molecule has 0 radical (unpaired) electrons. The van der Waals surface area contributed by atoms with Crippen molar-refractivity contribution in [2.24, 2.45) is 0 Å². The van der Waals surface area contributed by atoms with Crippen molar-refractivity contribution < 1.29 is 5.11 Å². The van der Waals surface area contributed by atoms with E-state index in [9.17, 15) is 5.11 Å². The minimum absolute atomic E-state index is 0.262. The molecule has 1 unspecified atom stereocenters. The molecule has 1 atom stereocenters. The van der Waals surface area contributed by atoms with Crippen LogP contribution >= 0.6 is 0 Å².